The zero-order valence-electron chi connectivity index (χ0n) is 9.14. The van der Waals surface area contributed by atoms with Crippen molar-refractivity contribution in [1.29, 1.82) is 0 Å². The van der Waals surface area contributed by atoms with Crippen LogP contribution in [0.25, 0.3) is 0 Å². The lowest BCUT2D eigenvalue weighted by atomic mass is 10.4. The Morgan fingerprint density at radius 2 is 1.69 bits per heavy atom. The summed E-state index contributed by atoms with van der Waals surface area (Å²) in [6, 6.07) is -0.725. The zero-order chi connectivity index (χ0) is 12.9. The van der Waals surface area contributed by atoms with Gasteiger partial charge >= 0.3 is 12.0 Å². The third kappa shape index (κ3) is 3.97. The minimum absolute atomic E-state index is 0.725. The number of imide groups is 1. The number of nitrogens with one attached hydrogen (secondary N) is 2. The summed E-state index contributed by atoms with van der Waals surface area (Å²) < 4.78 is 11.5. The van der Waals surface area contributed by atoms with Crippen molar-refractivity contribution in [2.24, 2.45) is 0 Å². The van der Waals surface area contributed by atoms with Crippen LogP contribution in [0.1, 0.15) is 13.8 Å². The number of hydrogen-bond donors (Lipinski definition) is 3. The van der Waals surface area contributed by atoms with Crippen molar-refractivity contribution >= 4 is 28.7 Å². The molecule has 0 rings (SSSR count). The van der Waals surface area contributed by atoms with E-state index in [1.807, 2.05) is 5.32 Å². The second-order valence-corrected chi connectivity index (χ2v) is 5.09. The number of carbonyl (C=O) groups excluding carboxylic acids is 2. The first-order chi connectivity index (χ1) is 7.31. The molecule has 7 nitrogen and oxygen atoms in total. The minimum atomic E-state index is -1.88. The normalized spacial score (nSPS) is 15.7. The molecule has 0 heterocycles. The summed E-state index contributed by atoms with van der Waals surface area (Å²) in [6.07, 6.45) is 0. The van der Waals surface area contributed by atoms with E-state index in [4.69, 9.17) is 5.11 Å². The summed E-state index contributed by atoms with van der Waals surface area (Å²) >= 11 is 0. The van der Waals surface area contributed by atoms with Gasteiger partial charge in [0, 0.05) is 17.8 Å². The van der Waals surface area contributed by atoms with E-state index in [-0.39, 0.29) is 0 Å². The molecule has 3 unspecified atom stereocenters. The maximum Gasteiger partial charge on any atom is 0.321 e. The van der Waals surface area contributed by atoms with Crippen molar-refractivity contribution in [3.63, 3.8) is 0 Å². The van der Waals surface area contributed by atoms with Crippen LogP contribution in [0.3, 0.4) is 0 Å². The largest absolute Gasteiger partial charge is 0.480 e. The van der Waals surface area contributed by atoms with E-state index in [0.717, 1.165) is 0 Å². The highest BCUT2D eigenvalue weighted by Crippen LogP contribution is 2.04. The molecule has 0 fully saturated rings. The van der Waals surface area contributed by atoms with Crippen LogP contribution in [0, 0.1) is 0 Å². The SMILES string of the molecule is CNC(=O)NC(=O)C(C)S(=O)C(C)C(=O)O. The second kappa shape index (κ2) is 6.21. The molecule has 0 saturated heterocycles. The Morgan fingerprint density at radius 1 is 1.19 bits per heavy atom. The van der Waals surface area contributed by atoms with Crippen LogP contribution >= 0.6 is 0 Å². The zero-order valence-corrected chi connectivity index (χ0v) is 9.96. The molecule has 0 aliphatic carbocycles. The van der Waals surface area contributed by atoms with E-state index < -0.39 is 39.2 Å². The van der Waals surface area contributed by atoms with Gasteiger partial charge in [-0.2, -0.15) is 0 Å². The van der Waals surface area contributed by atoms with Crippen LogP contribution in [0.2, 0.25) is 0 Å². The molecule has 0 aromatic heterocycles. The molecule has 0 radical (unpaired) electrons. The maximum atomic E-state index is 11.5. The molecule has 0 spiro atoms. The first kappa shape index (κ1) is 14.6. The van der Waals surface area contributed by atoms with Crippen molar-refractivity contribution in [1.82, 2.24) is 10.6 Å². The summed E-state index contributed by atoms with van der Waals surface area (Å²) in [7, 11) is -0.556. The topological polar surface area (TPSA) is 113 Å². The Morgan fingerprint density at radius 3 is 2.06 bits per heavy atom. The van der Waals surface area contributed by atoms with Gasteiger partial charge in [0.1, 0.15) is 10.5 Å². The number of urea groups is 1. The fourth-order valence-corrected chi connectivity index (χ4v) is 1.87. The molecule has 0 bridgehead atoms. The molecule has 16 heavy (non-hydrogen) atoms. The Hall–Kier alpha value is -1.44. The van der Waals surface area contributed by atoms with Gasteiger partial charge in [0.05, 0.1) is 0 Å². The van der Waals surface area contributed by atoms with Gasteiger partial charge in [0.2, 0.25) is 5.91 Å². The van der Waals surface area contributed by atoms with E-state index in [9.17, 15) is 18.6 Å². The number of amides is 3. The van der Waals surface area contributed by atoms with Gasteiger partial charge in [-0.3, -0.25) is 19.1 Å². The van der Waals surface area contributed by atoms with Gasteiger partial charge in [-0.25, -0.2) is 4.79 Å². The lowest BCUT2D eigenvalue weighted by molar-refractivity contribution is -0.136. The highest BCUT2D eigenvalue weighted by atomic mass is 32.2. The highest BCUT2D eigenvalue weighted by molar-refractivity contribution is 7.87. The van der Waals surface area contributed by atoms with Gasteiger partial charge in [0.15, 0.2) is 0 Å². The first-order valence-corrected chi connectivity index (χ1v) is 5.73. The lowest BCUT2D eigenvalue weighted by Crippen LogP contribution is -2.45. The first-order valence-electron chi connectivity index (χ1n) is 4.46. The Labute approximate surface area is 95.0 Å². The van der Waals surface area contributed by atoms with Crippen LogP contribution in [0.5, 0.6) is 0 Å². The number of rotatable bonds is 4. The van der Waals surface area contributed by atoms with Gasteiger partial charge in [-0.05, 0) is 13.8 Å². The van der Waals surface area contributed by atoms with E-state index >= 15 is 0 Å². The Bertz CT molecular complexity index is 330. The molecule has 3 N–H and O–H groups in total. The van der Waals surface area contributed by atoms with E-state index in [0.29, 0.717) is 0 Å². The molecule has 0 aliphatic rings. The predicted octanol–water partition coefficient (Wildman–Crippen LogP) is -0.948. The third-order valence-corrected chi connectivity index (χ3v) is 3.69. The molecule has 3 atom stereocenters. The molecule has 0 aliphatic heterocycles. The van der Waals surface area contributed by atoms with Crippen molar-refractivity contribution in [3.8, 4) is 0 Å². The molecule has 0 saturated carbocycles. The van der Waals surface area contributed by atoms with E-state index in [1.165, 1.54) is 20.9 Å². The van der Waals surface area contributed by atoms with E-state index in [1.54, 1.807) is 0 Å². The predicted molar refractivity (Wildman–Crippen MR) is 57.3 cm³/mol. The molecule has 0 aromatic carbocycles. The number of aliphatic carboxylic acids is 1. The van der Waals surface area contributed by atoms with Gasteiger partial charge in [0.25, 0.3) is 0 Å². The minimum Gasteiger partial charge on any atom is -0.480 e. The molecule has 8 heteroatoms. The Kier molecular flexibility index (Phi) is 5.65. The van der Waals surface area contributed by atoms with Crippen LogP contribution in [0.15, 0.2) is 0 Å². The van der Waals surface area contributed by atoms with Crippen LogP contribution in [-0.4, -0.2) is 44.8 Å². The van der Waals surface area contributed by atoms with Gasteiger partial charge < -0.3 is 10.4 Å². The molecular weight excluding hydrogens is 236 g/mol. The Balaban J connectivity index is 4.50. The van der Waals surface area contributed by atoms with Crippen LogP contribution in [0.4, 0.5) is 4.79 Å². The van der Waals surface area contributed by atoms with E-state index in [2.05, 4.69) is 5.32 Å². The molecule has 3 amide bonds. The number of carbonyl (C=O) groups is 3. The molecule has 0 aromatic rings. The van der Waals surface area contributed by atoms with Crippen molar-refractivity contribution in [3.05, 3.63) is 0 Å². The number of hydrogen-bond acceptors (Lipinski definition) is 4. The average Bonchev–Trinajstić information content (AvgIpc) is 2.25. The smallest absolute Gasteiger partial charge is 0.321 e. The van der Waals surface area contributed by atoms with Gasteiger partial charge in [-0.1, -0.05) is 0 Å². The molecule has 92 valence electrons. The number of carboxylic acids is 1. The number of carboxylic acid groups (broad SMARTS) is 1. The molecular formula is C8H14N2O5S. The summed E-state index contributed by atoms with van der Waals surface area (Å²) in [5.41, 5.74) is 0. The lowest BCUT2D eigenvalue weighted by Gasteiger charge is -2.13. The van der Waals surface area contributed by atoms with Crippen molar-refractivity contribution in [2.75, 3.05) is 7.05 Å². The van der Waals surface area contributed by atoms with Crippen LogP contribution in [-0.2, 0) is 20.4 Å². The standard InChI is InChI=1S/C8H14N2O5S/c1-4(6(11)10-8(14)9-3)16(15)5(2)7(12)13/h4-5H,1-3H3,(H,12,13)(H2,9,10,11,14). The quantitative estimate of drug-likeness (QED) is 0.595. The third-order valence-electron chi connectivity index (χ3n) is 1.88. The summed E-state index contributed by atoms with van der Waals surface area (Å²) in [4.78, 5) is 32.7. The average molecular weight is 250 g/mol. The van der Waals surface area contributed by atoms with Crippen molar-refractivity contribution in [2.45, 2.75) is 24.3 Å². The summed E-state index contributed by atoms with van der Waals surface area (Å²) in [5.74, 6) is -2.02. The monoisotopic (exact) mass is 250 g/mol. The summed E-state index contributed by atoms with van der Waals surface area (Å²) in [5, 5.41) is 10.5. The maximum absolute atomic E-state index is 11.5. The highest BCUT2D eigenvalue weighted by Gasteiger charge is 2.29. The fraction of sp³-hybridized carbons (Fsp3) is 0.625. The fourth-order valence-electron chi connectivity index (χ4n) is 0.787. The van der Waals surface area contributed by atoms with Crippen molar-refractivity contribution < 1.29 is 23.7 Å². The van der Waals surface area contributed by atoms with Gasteiger partial charge in [-0.15, -0.1) is 0 Å². The summed E-state index contributed by atoms with van der Waals surface area (Å²) in [6.45, 7) is 2.54. The van der Waals surface area contributed by atoms with Crippen LogP contribution < -0.4 is 10.6 Å². The second-order valence-electron chi connectivity index (χ2n) is 3.02.